The molecule has 1 aliphatic heterocycles. The van der Waals surface area contributed by atoms with Crippen LogP contribution in [0.25, 0.3) is 0 Å². The maximum absolute atomic E-state index is 12.3. The van der Waals surface area contributed by atoms with Gasteiger partial charge in [0.25, 0.3) is 5.91 Å². The Bertz CT molecular complexity index is 794. The molecule has 8 heteroatoms. The molecule has 25 heavy (non-hydrogen) atoms. The van der Waals surface area contributed by atoms with Gasteiger partial charge >= 0.3 is 0 Å². The van der Waals surface area contributed by atoms with Gasteiger partial charge in [0, 0.05) is 33.4 Å². The van der Waals surface area contributed by atoms with Gasteiger partial charge in [-0.15, -0.1) is 23.1 Å². The molecule has 0 aliphatic carbocycles. The summed E-state index contributed by atoms with van der Waals surface area (Å²) in [4.78, 5) is 26.4. The second kappa shape index (κ2) is 8.62. The molecule has 1 unspecified atom stereocenters. The fourth-order valence-corrected chi connectivity index (χ4v) is 5.67. The molecule has 2 aromatic rings. The Morgan fingerprint density at radius 3 is 2.96 bits per heavy atom. The average Bonchev–Trinajstić information content (AvgIpc) is 3.00. The number of hydrogen-bond donors (Lipinski definition) is 2. The summed E-state index contributed by atoms with van der Waals surface area (Å²) in [6, 6.07) is 9.62. The highest BCUT2D eigenvalue weighted by atomic mass is 79.9. The van der Waals surface area contributed by atoms with Gasteiger partial charge in [0.05, 0.1) is 14.7 Å². The van der Waals surface area contributed by atoms with E-state index in [0.29, 0.717) is 12.1 Å². The summed E-state index contributed by atoms with van der Waals surface area (Å²) in [5.41, 5.74) is 1.29. The van der Waals surface area contributed by atoms with Crippen LogP contribution in [-0.4, -0.2) is 29.4 Å². The van der Waals surface area contributed by atoms with Crippen molar-refractivity contribution in [3.05, 3.63) is 44.6 Å². The van der Waals surface area contributed by atoms with E-state index in [1.165, 1.54) is 16.6 Å². The van der Waals surface area contributed by atoms with E-state index in [9.17, 15) is 9.59 Å². The quantitative estimate of drug-likeness (QED) is 0.623. The molecule has 0 radical (unpaired) electrons. The zero-order valence-electron chi connectivity index (χ0n) is 13.5. The van der Waals surface area contributed by atoms with Crippen molar-refractivity contribution in [2.75, 3.05) is 17.6 Å². The van der Waals surface area contributed by atoms with Gasteiger partial charge in [0.15, 0.2) is 0 Å². The Morgan fingerprint density at radius 2 is 2.20 bits per heavy atom. The lowest BCUT2D eigenvalue weighted by molar-refractivity contribution is -0.115. The molecule has 1 atom stereocenters. The monoisotopic (exact) mass is 456 g/mol. The van der Waals surface area contributed by atoms with Gasteiger partial charge in [-0.25, -0.2) is 0 Å². The first-order valence-corrected chi connectivity index (χ1v) is 11.4. The van der Waals surface area contributed by atoms with Gasteiger partial charge in [0.1, 0.15) is 0 Å². The van der Waals surface area contributed by atoms with Crippen molar-refractivity contribution in [2.24, 2.45) is 0 Å². The molecule has 3 rings (SSSR count). The highest BCUT2D eigenvalue weighted by Crippen LogP contribution is 2.35. The molecule has 0 bridgehead atoms. The van der Waals surface area contributed by atoms with Crippen molar-refractivity contribution in [3.63, 3.8) is 0 Å². The Balaban J connectivity index is 1.47. The smallest absolute Gasteiger partial charge is 0.251 e. The van der Waals surface area contributed by atoms with E-state index in [1.807, 2.05) is 19.1 Å². The van der Waals surface area contributed by atoms with Gasteiger partial charge in [-0.2, -0.15) is 11.8 Å². The number of rotatable bonds is 6. The van der Waals surface area contributed by atoms with E-state index in [2.05, 4.69) is 38.7 Å². The number of halogens is 1. The van der Waals surface area contributed by atoms with Crippen LogP contribution in [0.2, 0.25) is 0 Å². The predicted molar refractivity (Wildman–Crippen MR) is 111 cm³/mol. The van der Waals surface area contributed by atoms with E-state index < -0.39 is 0 Å². The molecule has 2 N–H and O–H groups in total. The van der Waals surface area contributed by atoms with Crippen LogP contribution >= 0.6 is 50.8 Å². The van der Waals surface area contributed by atoms with Gasteiger partial charge in [-0.1, -0.05) is 0 Å². The molecular weight excluding hydrogens is 440 g/mol. The largest absolute Gasteiger partial charge is 0.351 e. The number of thiophene rings is 1. The minimum Gasteiger partial charge on any atom is -0.351 e. The van der Waals surface area contributed by atoms with Crippen molar-refractivity contribution < 1.29 is 9.59 Å². The van der Waals surface area contributed by atoms with Crippen LogP contribution in [0.5, 0.6) is 0 Å². The van der Waals surface area contributed by atoms with Crippen LogP contribution in [0.4, 0.5) is 5.69 Å². The molecule has 1 aromatic carbocycles. The minimum atomic E-state index is -0.111. The van der Waals surface area contributed by atoms with Crippen molar-refractivity contribution in [2.45, 2.75) is 22.8 Å². The summed E-state index contributed by atoms with van der Waals surface area (Å²) in [5.74, 6) is 1.68. The molecule has 4 nitrogen and oxygen atoms in total. The Labute approximate surface area is 167 Å². The topological polar surface area (TPSA) is 58.2 Å². The summed E-state index contributed by atoms with van der Waals surface area (Å²) >= 11 is 8.50. The first kappa shape index (κ1) is 18.8. The molecule has 1 aromatic heterocycles. The van der Waals surface area contributed by atoms with E-state index in [1.54, 1.807) is 29.2 Å². The lowest BCUT2D eigenvalue weighted by atomic mass is 10.1. The zero-order valence-corrected chi connectivity index (χ0v) is 17.5. The Morgan fingerprint density at radius 1 is 1.36 bits per heavy atom. The van der Waals surface area contributed by atoms with Crippen LogP contribution in [0.1, 0.15) is 22.2 Å². The lowest BCUT2D eigenvalue weighted by Crippen LogP contribution is -2.28. The number of carbonyl (C=O) groups excluding carboxylic acids is 2. The van der Waals surface area contributed by atoms with Crippen molar-refractivity contribution in [3.8, 4) is 0 Å². The number of hydrogen-bond acceptors (Lipinski definition) is 5. The van der Waals surface area contributed by atoms with Crippen LogP contribution in [0.15, 0.2) is 39.0 Å². The fourth-order valence-electron chi connectivity index (χ4n) is 2.29. The van der Waals surface area contributed by atoms with Crippen molar-refractivity contribution >= 4 is 68.3 Å². The van der Waals surface area contributed by atoms with E-state index >= 15 is 0 Å². The third-order valence-electron chi connectivity index (χ3n) is 3.58. The maximum atomic E-state index is 12.3. The van der Waals surface area contributed by atoms with Gasteiger partial charge in [0.2, 0.25) is 5.91 Å². The number of fused-ring (bicyclic) bond motifs is 1. The molecule has 132 valence electrons. The molecule has 0 saturated carbocycles. The molecule has 2 heterocycles. The van der Waals surface area contributed by atoms with E-state index in [4.69, 9.17) is 0 Å². The summed E-state index contributed by atoms with van der Waals surface area (Å²) in [7, 11) is 0. The Kier molecular flexibility index (Phi) is 6.49. The molecule has 2 amide bonds. The normalized spacial score (nSPS) is 16.2. The highest BCUT2D eigenvalue weighted by molar-refractivity contribution is 9.11. The SMILES string of the molecule is CC1Sc2ccc(C(=O)NCCSCc3ccc(Br)s3)cc2NC1=O. The number of benzene rings is 1. The molecule has 0 fully saturated rings. The third kappa shape index (κ3) is 5.03. The summed E-state index contributed by atoms with van der Waals surface area (Å²) in [6.07, 6.45) is 0. The summed E-state index contributed by atoms with van der Waals surface area (Å²) in [6.45, 7) is 2.49. The first-order valence-electron chi connectivity index (χ1n) is 7.74. The van der Waals surface area contributed by atoms with Crippen molar-refractivity contribution in [1.29, 1.82) is 0 Å². The standard InChI is InChI=1S/C17H17BrN2O2S3/c1-10-16(21)20-13-8-11(2-4-14(13)24-10)17(22)19-6-7-23-9-12-3-5-15(18)25-12/h2-5,8,10H,6-7,9H2,1H3,(H,19,22)(H,20,21). The second-order valence-electron chi connectivity index (χ2n) is 5.47. The lowest BCUT2D eigenvalue weighted by Gasteiger charge is -2.21. The van der Waals surface area contributed by atoms with Crippen LogP contribution in [0.3, 0.4) is 0 Å². The van der Waals surface area contributed by atoms with Gasteiger partial charge in [-0.3, -0.25) is 9.59 Å². The molecule has 1 aliphatic rings. The maximum Gasteiger partial charge on any atom is 0.251 e. The fraction of sp³-hybridized carbons (Fsp3) is 0.294. The highest BCUT2D eigenvalue weighted by Gasteiger charge is 2.23. The first-order chi connectivity index (χ1) is 12.0. The van der Waals surface area contributed by atoms with Gasteiger partial charge < -0.3 is 10.6 Å². The average molecular weight is 457 g/mol. The molecule has 0 spiro atoms. The minimum absolute atomic E-state index is 0.0216. The molecular formula is C17H17BrN2O2S3. The number of amides is 2. The van der Waals surface area contributed by atoms with Crippen LogP contribution in [0, 0.1) is 0 Å². The molecule has 0 saturated heterocycles. The van der Waals surface area contributed by atoms with E-state index in [0.717, 1.165) is 25.9 Å². The van der Waals surface area contributed by atoms with E-state index in [-0.39, 0.29) is 17.1 Å². The Hall–Kier alpha value is -0.960. The van der Waals surface area contributed by atoms with Crippen molar-refractivity contribution in [1.82, 2.24) is 5.32 Å². The zero-order chi connectivity index (χ0) is 17.8. The summed E-state index contributed by atoms with van der Waals surface area (Å²) < 4.78 is 1.14. The predicted octanol–water partition coefficient (Wildman–Crippen LogP) is 4.61. The number of nitrogens with one attached hydrogen (secondary N) is 2. The van der Waals surface area contributed by atoms with Crippen LogP contribution in [-0.2, 0) is 10.5 Å². The van der Waals surface area contributed by atoms with Gasteiger partial charge in [-0.05, 0) is 53.2 Å². The number of carbonyl (C=O) groups is 2. The van der Waals surface area contributed by atoms with Crippen LogP contribution < -0.4 is 10.6 Å². The number of thioether (sulfide) groups is 2. The second-order valence-corrected chi connectivity index (χ2v) is 10.5. The number of anilines is 1. The third-order valence-corrected chi connectivity index (χ3v) is 7.57. The summed E-state index contributed by atoms with van der Waals surface area (Å²) in [5, 5.41) is 5.68.